The van der Waals surface area contributed by atoms with Gasteiger partial charge in [-0.1, -0.05) is 28.7 Å². The Kier molecular flexibility index (Phi) is 8.99. The first-order valence-corrected chi connectivity index (χ1v) is 5.73. The molecule has 0 aliphatic rings. The van der Waals surface area contributed by atoms with Crippen LogP contribution in [0.1, 0.15) is 26.2 Å². The second kappa shape index (κ2) is 9.03. The highest BCUT2D eigenvalue weighted by atomic mass is 127. The molecule has 0 saturated carbocycles. The van der Waals surface area contributed by atoms with Crippen molar-refractivity contribution in [1.29, 1.82) is 0 Å². The smallest absolute Gasteiger partial charge is 0.330 e. The minimum absolute atomic E-state index is 0.230. The van der Waals surface area contributed by atoms with E-state index in [2.05, 4.69) is 22.6 Å². The van der Waals surface area contributed by atoms with Crippen LogP contribution < -0.4 is 0 Å². The lowest BCUT2D eigenvalue weighted by Crippen LogP contribution is -1.98. The Balaban J connectivity index is 3.29. The van der Waals surface area contributed by atoms with E-state index in [-0.39, 0.29) is 5.97 Å². The Morgan fingerprint density at radius 1 is 1.50 bits per heavy atom. The number of hydrogen-bond acceptors (Lipinski definition) is 2. The standard InChI is InChI=1S/C9H15IO2/c1-2-12-9(11)7-5-3-4-6-8-10/h5,7H,2-4,6,8H2,1H3/b7-5+. The van der Waals surface area contributed by atoms with Crippen LogP contribution in [-0.2, 0) is 9.53 Å². The van der Waals surface area contributed by atoms with Crippen LogP contribution in [0.2, 0.25) is 0 Å². The minimum Gasteiger partial charge on any atom is -0.463 e. The predicted octanol–water partition coefficient (Wildman–Crippen LogP) is 2.71. The summed E-state index contributed by atoms with van der Waals surface area (Å²) in [4.78, 5) is 10.8. The maximum Gasteiger partial charge on any atom is 0.330 e. The summed E-state index contributed by atoms with van der Waals surface area (Å²) in [7, 11) is 0. The first-order chi connectivity index (χ1) is 5.81. The van der Waals surface area contributed by atoms with Gasteiger partial charge in [0.2, 0.25) is 0 Å². The molecule has 2 nitrogen and oxygen atoms in total. The molecule has 0 atom stereocenters. The van der Waals surface area contributed by atoms with Crippen molar-refractivity contribution in [3.8, 4) is 0 Å². The molecule has 0 unspecified atom stereocenters. The number of allylic oxidation sites excluding steroid dienone is 1. The first-order valence-electron chi connectivity index (χ1n) is 4.20. The third-order valence-electron chi connectivity index (χ3n) is 1.29. The number of carbonyl (C=O) groups is 1. The molecule has 0 amide bonds. The third kappa shape index (κ3) is 8.04. The quantitative estimate of drug-likeness (QED) is 0.246. The van der Waals surface area contributed by atoms with Crippen molar-refractivity contribution in [3.05, 3.63) is 12.2 Å². The van der Waals surface area contributed by atoms with Crippen molar-refractivity contribution in [3.63, 3.8) is 0 Å². The molecule has 0 saturated heterocycles. The second-order valence-corrected chi connectivity index (χ2v) is 3.42. The lowest BCUT2D eigenvalue weighted by molar-refractivity contribution is -0.137. The van der Waals surface area contributed by atoms with Gasteiger partial charge in [0.1, 0.15) is 0 Å². The zero-order valence-electron chi connectivity index (χ0n) is 7.38. The molecule has 0 aromatic heterocycles. The average Bonchev–Trinajstić information content (AvgIpc) is 2.05. The highest BCUT2D eigenvalue weighted by Gasteiger charge is 1.91. The highest BCUT2D eigenvalue weighted by molar-refractivity contribution is 14.1. The van der Waals surface area contributed by atoms with E-state index >= 15 is 0 Å². The summed E-state index contributed by atoms with van der Waals surface area (Å²) in [5, 5.41) is 0. The number of ether oxygens (including phenoxy) is 1. The fraction of sp³-hybridized carbons (Fsp3) is 0.667. The SMILES string of the molecule is CCOC(=O)/C=C/CCCCI. The van der Waals surface area contributed by atoms with E-state index in [1.165, 1.54) is 16.9 Å². The van der Waals surface area contributed by atoms with Gasteiger partial charge in [-0.3, -0.25) is 0 Å². The Morgan fingerprint density at radius 2 is 2.25 bits per heavy atom. The van der Waals surface area contributed by atoms with E-state index in [0.717, 1.165) is 12.8 Å². The van der Waals surface area contributed by atoms with E-state index in [1.807, 2.05) is 13.0 Å². The van der Waals surface area contributed by atoms with Gasteiger partial charge in [0.15, 0.2) is 0 Å². The molecule has 0 aromatic carbocycles. The van der Waals surface area contributed by atoms with Crippen molar-refractivity contribution < 1.29 is 9.53 Å². The van der Waals surface area contributed by atoms with Gasteiger partial charge in [-0.15, -0.1) is 0 Å². The number of carbonyl (C=O) groups excluding carboxylic acids is 1. The highest BCUT2D eigenvalue weighted by Crippen LogP contribution is 1.99. The monoisotopic (exact) mass is 282 g/mol. The molecule has 0 bridgehead atoms. The molecule has 0 radical (unpaired) electrons. The molecule has 12 heavy (non-hydrogen) atoms. The van der Waals surface area contributed by atoms with Crippen LogP contribution in [-0.4, -0.2) is 17.0 Å². The van der Waals surface area contributed by atoms with Gasteiger partial charge in [0.25, 0.3) is 0 Å². The Labute approximate surface area is 87.5 Å². The van der Waals surface area contributed by atoms with Crippen LogP contribution in [0.4, 0.5) is 0 Å². The largest absolute Gasteiger partial charge is 0.463 e. The van der Waals surface area contributed by atoms with Gasteiger partial charge in [-0.05, 0) is 30.6 Å². The van der Waals surface area contributed by atoms with Gasteiger partial charge in [0, 0.05) is 6.08 Å². The van der Waals surface area contributed by atoms with Crippen molar-refractivity contribution in [2.45, 2.75) is 26.2 Å². The van der Waals surface area contributed by atoms with Crippen molar-refractivity contribution in [2.75, 3.05) is 11.0 Å². The van der Waals surface area contributed by atoms with E-state index < -0.39 is 0 Å². The topological polar surface area (TPSA) is 26.3 Å². The number of hydrogen-bond donors (Lipinski definition) is 0. The summed E-state index contributed by atoms with van der Waals surface area (Å²) < 4.78 is 5.91. The van der Waals surface area contributed by atoms with Crippen molar-refractivity contribution in [2.24, 2.45) is 0 Å². The lowest BCUT2D eigenvalue weighted by Gasteiger charge is -1.94. The number of alkyl halides is 1. The zero-order chi connectivity index (χ0) is 9.23. The molecule has 0 heterocycles. The molecule has 70 valence electrons. The van der Waals surface area contributed by atoms with Crippen LogP contribution in [0.5, 0.6) is 0 Å². The average molecular weight is 282 g/mol. The molecule has 0 rings (SSSR count). The van der Waals surface area contributed by atoms with Crippen LogP contribution in [0.25, 0.3) is 0 Å². The molecule has 0 aliphatic heterocycles. The van der Waals surface area contributed by atoms with Crippen LogP contribution in [0.15, 0.2) is 12.2 Å². The predicted molar refractivity (Wildman–Crippen MR) is 58.5 cm³/mol. The van der Waals surface area contributed by atoms with Crippen LogP contribution >= 0.6 is 22.6 Å². The van der Waals surface area contributed by atoms with Crippen LogP contribution in [0, 0.1) is 0 Å². The summed E-state index contributed by atoms with van der Waals surface area (Å²) in [5.41, 5.74) is 0. The normalized spacial score (nSPS) is 10.5. The fourth-order valence-corrected chi connectivity index (χ4v) is 1.27. The number of halogens is 1. The van der Waals surface area contributed by atoms with Gasteiger partial charge in [-0.2, -0.15) is 0 Å². The van der Waals surface area contributed by atoms with Gasteiger partial charge >= 0.3 is 5.97 Å². The van der Waals surface area contributed by atoms with Crippen molar-refractivity contribution in [1.82, 2.24) is 0 Å². The fourth-order valence-electron chi connectivity index (χ4n) is 0.727. The van der Waals surface area contributed by atoms with Crippen LogP contribution in [0.3, 0.4) is 0 Å². The number of rotatable bonds is 6. The maximum absolute atomic E-state index is 10.8. The van der Waals surface area contributed by atoms with E-state index in [9.17, 15) is 4.79 Å². The summed E-state index contributed by atoms with van der Waals surface area (Å²) in [6.07, 6.45) is 6.73. The Bertz CT molecular complexity index is 143. The Hall–Kier alpha value is -0.0600. The number of unbranched alkanes of at least 4 members (excludes halogenated alkanes) is 2. The summed E-state index contributed by atoms with van der Waals surface area (Å²) in [6, 6.07) is 0. The number of esters is 1. The van der Waals surface area contributed by atoms with Gasteiger partial charge in [-0.25, -0.2) is 4.79 Å². The molecule has 0 aliphatic carbocycles. The zero-order valence-corrected chi connectivity index (χ0v) is 9.54. The second-order valence-electron chi connectivity index (χ2n) is 2.34. The van der Waals surface area contributed by atoms with Gasteiger partial charge in [0.05, 0.1) is 6.61 Å². The molecule has 0 fully saturated rings. The molecular weight excluding hydrogens is 267 g/mol. The van der Waals surface area contributed by atoms with Gasteiger partial charge < -0.3 is 4.74 Å². The van der Waals surface area contributed by atoms with E-state index in [1.54, 1.807) is 0 Å². The maximum atomic E-state index is 10.8. The summed E-state index contributed by atoms with van der Waals surface area (Å²) in [6.45, 7) is 2.26. The van der Waals surface area contributed by atoms with E-state index in [0.29, 0.717) is 6.61 Å². The molecular formula is C9H15IO2. The minimum atomic E-state index is -0.230. The first kappa shape index (κ1) is 11.9. The molecule has 0 N–H and O–H groups in total. The van der Waals surface area contributed by atoms with Crippen molar-refractivity contribution >= 4 is 28.6 Å². The molecule has 0 spiro atoms. The third-order valence-corrected chi connectivity index (χ3v) is 2.06. The molecule has 3 heteroatoms. The summed E-state index contributed by atoms with van der Waals surface area (Å²) in [5.74, 6) is -0.230. The summed E-state index contributed by atoms with van der Waals surface area (Å²) >= 11 is 2.35. The van der Waals surface area contributed by atoms with E-state index in [4.69, 9.17) is 4.74 Å². The lowest BCUT2D eigenvalue weighted by atomic mass is 10.2. The molecule has 0 aromatic rings. The Morgan fingerprint density at radius 3 is 2.83 bits per heavy atom.